The summed E-state index contributed by atoms with van der Waals surface area (Å²) in [5.74, 6) is -0.469. The molecule has 1 saturated carbocycles. The van der Waals surface area contributed by atoms with Gasteiger partial charge in [-0.05, 0) is 67.5 Å². The summed E-state index contributed by atoms with van der Waals surface area (Å²) in [6.45, 7) is 0. The topological polar surface area (TPSA) is 109 Å². The molecule has 3 rings (SSSR count). The second-order valence-electron chi connectivity index (χ2n) is 7.61. The third-order valence-electron chi connectivity index (χ3n) is 5.31. The fraction of sp³-hybridized carbons (Fsp3) is 0.304. The van der Waals surface area contributed by atoms with Crippen LogP contribution in [0.2, 0.25) is 0 Å². The molecule has 0 aliphatic heterocycles. The Balaban J connectivity index is 1.49. The number of benzene rings is 2. The number of hydrogen-bond donors (Lipinski definition) is 4. The van der Waals surface area contributed by atoms with Crippen LogP contribution in [0.3, 0.4) is 0 Å². The molecule has 0 saturated heterocycles. The van der Waals surface area contributed by atoms with Crippen molar-refractivity contribution in [2.45, 2.75) is 32.1 Å². The molecule has 0 bridgehead atoms. The fourth-order valence-corrected chi connectivity index (χ4v) is 4.06. The van der Waals surface area contributed by atoms with Crippen molar-refractivity contribution in [3.05, 3.63) is 58.1 Å². The fourth-order valence-electron chi connectivity index (χ4n) is 3.56. The smallest absolute Gasteiger partial charge is 0.269 e. The molecule has 33 heavy (non-hydrogen) atoms. The first-order chi connectivity index (χ1) is 15.9. The van der Waals surface area contributed by atoms with E-state index in [0.29, 0.717) is 21.5 Å². The van der Waals surface area contributed by atoms with E-state index in [-0.39, 0.29) is 22.5 Å². The number of thiocarbonyl (C=S) groups is 1. The predicted octanol–water partition coefficient (Wildman–Crippen LogP) is 3.93. The van der Waals surface area contributed by atoms with Crippen LogP contribution in [0.15, 0.2) is 46.9 Å². The molecule has 4 N–H and O–H groups in total. The highest BCUT2D eigenvalue weighted by atomic mass is 79.9. The molecule has 0 spiro atoms. The lowest BCUT2D eigenvalue weighted by molar-refractivity contribution is -0.120. The van der Waals surface area contributed by atoms with E-state index in [9.17, 15) is 14.4 Å². The lowest BCUT2D eigenvalue weighted by atomic mass is 9.88. The van der Waals surface area contributed by atoms with Crippen LogP contribution in [0.5, 0.6) is 5.75 Å². The minimum Gasteiger partial charge on any atom is -0.496 e. The molecule has 1 aliphatic rings. The van der Waals surface area contributed by atoms with E-state index in [0.717, 1.165) is 25.7 Å². The Bertz CT molecular complexity index is 1040. The van der Waals surface area contributed by atoms with Crippen molar-refractivity contribution in [1.29, 1.82) is 0 Å². The van der Waals surface area contributed by atoms with Gasteiger partial charge in [0.2, 0.25) is 5.91 Å². The van der Waals surface area contributed by atoms with E-state index in [2.05, 4.69) is 37.4 Å². The largest absolute Gasteiger partial charge is 0.496 e. The van der Waals surface area contributed by atoms with Crippen LogP contribution in [0, 0.1) is 5.92 Å². The summed E-state index contributed by atoms with van der Waals surface area (Å²) in [4.78, 5) is 37.2. The van der Waals surface area contributed by atoms with E-state index in [4.69, 9.17) is 17.0 Å². The molecule has 0 atom stereocenters. The molecule has 3 amide bonds. The highest BCUT2D eigenvalue weighted by Gasteiger charge is 2.21. The summed E-state index contributed by atoms with van der Waals surface area (Å²) in [5, 5.41) is 5.32. The first kappa shape index (κ1) is 24.7. The van der Waals surface area contributed by atoms with Crippen molar-refractivity contribution in [2.75, 3.05) is 12.4 Å². The van der Waals surface area contributed by atoms with E-state index in [1.807, 2.05) is 0 Å². The molecule has 0 radical (unpaired) electrons. The van der Waals surface area contributed by atoms with Gasteiger partial charge in [-0.3, -0.25) is 30.6 Å². The summed E-state index contributed by atoms with van der Waals surface area (Å²) < 4.78 is 5.89. The molecule has 174 valence electrons. The highest BCUT2D eigenvalue weighted by Crippen LogP contribution is 2.25. The molecule has 1 fully saturated rings. The minimum absolute atomic E-state index is 0.0248. The second-order valence-corrected chi connectivity index (χ2v) is 8.93. The summed E-state index contributed by atoms with van der Waals surface area (Å²) in [7, 11) is 1.46. The molecule has 0 unspecified atom stereocenters. The van der Waals surface area contributed by atoms with Crippen molar-refractivity contribution in [2.24, 2.45) is 5.92 Å². The molecule has 8 nitrogen and oxygen atoms in total. The van der Waals surface area contributed by atoms with Crippen LogP contribution >= 0.6 is 28.1 Å². The van der Waals surface area contributed by atoms with Crippen LogP contribution in [0.4, 0.5) is 5.69 Å². The molecule has 0 aromatic heterocycles. The maximum Gasteiger partial charge on any atom is 0.269 e. The molecule has 0 heterocycles. The number of methoxy groups -OCH3 is 1. The van der Waals surface area contributed by atoms with Gasteiger partial charge in [0.1, 0.15) is 5.75 Å². The van der Waals surface area contributed by atoms with Crippen LogP contribution in [0.1, 0.15) is 52.8 Å². The van der Waals surface area contributed by atoms with Crippen molar-refractivity contribution in [3.8, 4) is 5.75 Å². The lowest BCUT2D eigenvalue weighted by Crippen LogP contribution is -2.48. The van der Waals surface area contributed by atoms with Crippen molar-refractivity contribution >= 4 is 56.7 Å². The summed E-state index contributed by atoms with van der Waals surface area (Å²) >= 11 is 8.39. The van der Waals surface area contributed by atoms with Gasteiger partial charge in [0.25, 0.3) is 11.8 Å². The number of amides is 3. The second kappa shape index (κ2) is 11.8. The van der Waals surface area contributed by atoms with Gasteiger partial charge in [-0.1, -0.05) is 35.2 Å². The molecular weight excluding hydrogens is 508 g/mol. The average Bonchev–Trinajstić information content (AvgIpc) is 2.83. The Hall–Kier alpha value is -2.98. The Morgan fingerprint density at radius 2 is 1.67 bits per heavy atom. The third kappa shape index (κ3) is 7.00. The number of carbonyl (C=O) groups is 3. The van der Waals surface area contributed by atoms with Crippen molar-refractivity contribution in [1.82, 2.24) is 16.2 Å². The standard InChI is InChI=1S/C23H25BrN4O4S/c1-32-19-12-9-16(24)13-18(19)22(31)26-23(33)28-27-21(30)15-7-10-17(11-8-15)25-20(29)14-5-3-2-4-6-14/h7-14H,2-6H2,1H3,(H,25,29)(H,27,30)(H2,26,28,31,33). The molecule has 1 aliphatic carbocycles. The highest BCUT2D eigenvalue weighted by molar-refractivity contribution is 9.10. The van der Waals surface area contributed by atoms with Gasteiger partial charge in [0.05, 0.1) is 12.7 Å². The number of carbonyl (C=O) groups excluding carboxylic acids is 3. The van der Waals surface area contributed by atoms with Gasteiger partial charge < -0.3 is 10.1 Å². The van der Waals surface area contributed by atoms with Crippen LogP contribution in [0.25, 0.3) is 0 Å². The van der Waals surface area contributed by atoms with Crippen LogP contribution < -0.4 is 26.2 Å². The first-order valence-electron chi connectivity index (χ1n) is 10.5. The number of halogens is 1. The first-order valence-corrected chi connectivity index (χ1v) is 11.7. The predicted molar refractivity (Wildman–Crippen MR) is 133 cm³/mol. The van der Waals surface area contributed by atoms with E-state index < -0.39 is 11.8 Å². The molecular formula is C23H25BrN4O4S. The number of rotatable bonds is 5. The van der Waals surface area contributed by atoms with Crippen molar-refractivity contribution in [3.63, 3.8) is 0 Å². The van der Waals surface area contributed by atoms with Gasteiger partial charge in [-0.2, -0.15) is 0 Å². The number of hydrogen-bond acceptors (Lipinski definition) is 5. The monoisotopic (exact) mass is 532 g/mol. The number of ether oxygens (including phenoxy) is 1. The number of anilines is 1. The Labute approximate surface area is 205 Å². The molecule has 2 aromatic rings. The van der Waals surface area contributed by atoms with Gasteiger partial charge >= 0.3 is 0 Å². The van der Waals surface area contributed by atoms with Crippen molar-refractivity contribution < 1.29 is 19.1 Å². The van der Waals surface area contributed by atoms with E-state index in [1.54, 1.807) is 42.5 Å². The zero-order valence-electron chi connectivity index (χ0n) is 18.1. The number of hydrazine groups is 1. The quantitative estimate of drug-likeness (QED) is 0.343. The molecule has 10 heteroatoms. The summed E-state index contributed by atoms with van der Waals surface area (Å²) in [5.41, 5.74) is 6.22. The van der Waals surface area contributed by atoms with Crippen LogP contribution in [-0.2, 0) is 4.79 Å². The normalized spacial score (nSPS) is 13.5. The zero-order valence-corrected chi connectivity index (χ0v) is 20.5. The van der Waals surface area contributed by atoms with Gasteiger partial charge in [-0.15, -0.1) is 0 Å². The minimum atomic E-state index is -0.488. The Morgan fingerprint density at radius 1 is 0.970 bits per heavy atom. The van der Waals surface area contributed by atoms with Gasteiger partial charge in [0.15, 0.2) is 5.11 Å². The maximum atomic E-state index is 12.5. The van der Waals surface area contributed by atoms with Crippen LogP contribution in [-0.4, -0.2) is 29.9 Å². The summed E-state index contributed by atoms with van der Waals surface area (Å²) in [6, 6.07) is 11.6. The maximum absolute atomic E-state index is 12.5. The third-order valence-corrected chi connectivity index (χ3v) is 6.01. The Kier molecular flexibility index (Phi) is 8.79. The van der Waals surface area contributed by atoms with E-state index in [1.165, 1.54) is 13.5 Å². The zero-order chi connectivity index (χ0) is 23.8. The summed E-state index contributed by atoms with van der Waals surface area (Å²) in [6.07, 6.45) is 5.20. The van der Waals surface area contributed by atoms with Gasteiger partial charge in [-0.25, -0.2) is 0 Å². The Morgan fingerprint density at radius 3 is 2.33 bits per heavy atom. The van der Waals surface area contributed by atoms with Gasteiger partial charge in [0, 0.05) is 21.6 Å². The average molecular weight is 533 g/mol. The number of nitrogens with one attached hydrogen (secondary N) is 4. The lowest BCUT2D eigenvalue weighted by Gasteiger charge is -2.20. The SMILES string of the molecule is COc1ccc(Br)cc1C(=O)NC(=S)NNC(=O)c1ccc(NC(=O)C2CCCCC2)cc1. The van der Waals surface area contributed by atoms with E-state index >= 15 is 0 Å². The molecule has 2 aromatic carbocycles.